The Hall–Kier alpha value is -2.02. The lowest BCUT2D eigenvalue weighted by Crippen LogP contribution is -2.55. The molecule has 0 heterocycles. The SMILES string of the molecule is COC(=O)[C@](C)(Cc1ccc(O[Si](C)(C)C(C)(C)C)cc1)NC(=O)OC(C)(C)C. The predicted molar refractivity (Wildman–Crippen MR) is 118 cm³/mol. The first-order chi connectivity index (χ1) is 13.0. The molecule has 0 fully saturated rings. The summed E-state index contributed by atoms with van der Waals surface area (Å²) in [7, 11) is -0.627. The number of carbonyl (C=O) groups excluding carboxylic acids is 2. The van der Waals surface area contributed by atoms with E-state index in [9.17, 15) is 9.59 Å². The zero-order valence-electron chi connectivity index (χ0n) is 19.6. The summed E-state index contributed by atoms with van der Waals surface area (Å²) < 4.78 is 16.5. The van der Waals surface area contributed by atoms with Crippen LogP contribution in [0.5, 0.6) is 5.75 Å². The van der Waals surface area contributed by atoms with Gasteiger partial charge in [0, 0.05) is 6.42 Å². The van der Waals surface area contributed by atoms with Gasteiger partial charge >= 0.3 is 12.1 Å². The molecule has 164 valence electrons. The van der Waals surface area contributed by atoms with E-state index in [2.05, 4.69) is 39.2 Å². The molecule has 1 N–H and O–H groups in total. The van der Waals surface area contributed by atoms with Crippen molar-refractivity contribution in [1.82, 2.24) is 5.32 Å². The van der Waals surface area contributed by atoms with E-state index >= 15 is 0 Å². The number of esters is 1. The van der Waals surface area contributed by atoms with Crippen LogP contribution in [0.4, 0.5) is 4.79 Å². The smallest absolute Gasteiger partial charge is 0.408 e. The summed E-state index contributed by atoms with van der Waals surface area (Å²) in [6, 6.07) is 7.61. The Labute approximate surface area is 176 Å². The summed E-state index contributed by atoms with van der Waals surface area (Å²) in [5.74, 6) is 0.269. The zero-order chi connectivity index (χ0) is 22.7. The van der Waals surface area contributed by atoms with Crippen LogP contribution in [0.1, 0.15) is 54.0 Å². The van der Waals surface area contributed by atoms with Gasteiger partial charge in [-0.1, -0.05) is 32.9 Å². The molecule has 0 aliphatic rings. The maximum absolute atomic E-state index is 12.4. The summed E-state index contributed by atoms with van der Waals surface area (Å²) in [6.45, 7) is 17.9. The Morgan fingerprint density at radius 3 is 1.90 bits per heavy atom. The third-order valence-corrected chi connectivity index (χ3v) is 9.43. The summed E-state index contributed by atoms with van der Waals surface area (Å²) >= 11 is 0. The van der Waals surface area contributed by atoms with E-state index in [0.29, 0.717) is 0 Å². The van der Waals surface area contributed by atoms with E-state index in [1.807, 2.05) is 24.3 Å². The van der Waals surface area contributed by atoms with Gasteiger partial charge in [-0.3, -0.25) is 0 Å². The van der Waals surface area contributed by atoms with Crippen molar-refractivity contribution in [2.75, 3.05) is 7.11 Å². The number of amides is 1. The van der Waals surface area contributed by atoms with Gasteiger partial charge in [0.1, 0.15) is 16.9 Å². The van der Waals surface area contributed by atoms with Crippen LogP contribution in [0, 0.1) is 0 Å². The number of nitrogens with one attached hydrogen (secondary N) is 1. The summed E-state index contributed by atoms with van der Waals surface area (Å²) in [4.78, 5) is 24.6. The van der Waals surface area contributed by atoms with Crippen molar-refractivity contribution in [2.45, 2.75) is 84.2 Å². The zero-order valence-corrected chi connectivity index (χ0v) is 20.6. The molecule has 1 atom stereocenters. The lowest BCUT2D eigenvalue weighted by Gasteiger charge is -2.36. The number of methoxy groups -OCH3 is 1. The van der Waals surface area contributed by atoms with Crippen molar-refractivity contribution in [3.05, 3.63) is 29.8 Å². The van der Waals surface area contributed by atoms with Crippen molar-refractivity contribution >= 4 is 20.4 Å². The minimum Gasteiger partial charge on any atom is -0.544 e. The number of alkyl carbamates (subject to hydrolysis) is 1. The Kier molecular flexibility index (Phi) is 7.57. The Balaban J connectivity index is 2.98. The number of hydrogen-bond donors (Lipinski definition) is 1. The number of benzene rings is 1. The molecule has 1 aromatic carbocycles. The van der Waals surface area contributed by atoms with Gasteiger partial charge in [-0.15, -0.1) is 0 Å². The Morgan fingerprint density at radius 2 is 1.48 bits per heavy atom. The molecule has 1 aromatic rings. The monoisotopic (exact) mass is 423 g/mol. The fourth-order valence-corrected chi connectivity index (χ4v) is 3.48. The van der Waals surface area contributed by atoms with Crippen LogP contribution in [0.25, 0.3) is 0 Å². The van der Waals surface area contributed by atoms with Crippen LogP contribution < -0.4 is 9.74 Å². The van der Waals surface area contributed by atoms with Crippen molar-refractivity contribution in [3.8, 4) is 5.75 Å². The molecule has 1 rings (SSSR count). The van der Waals surface area contributed by atoms with Crippen LogP contribution in [-0.2, 0) is 20.7 Å². The lowest BCUT2D eigenvalue weighted by atomic mass is 9.93. The molecule has 0 aromatic heterocycles. The van der Waals surface area contributed by atoms with Crippen LogP contribution in [-0.4, -0.2) is 38.6 Å². The highest BCUT2D eigenvalue weighted by molar-refractivity contribution is 6.74. The summed E-state index contributed by atoms with van der Waals surface area (Å²) in [5, 5.41) is 2.77. The highest BCUT2D eigenvalue weighted by Gasteiger charge is 2.39. The number of hydrogen-bond acceptors (Lipinski definition) is 5. The average molecular weight is 424 g/mol. The largest absolute Gasteiger partial charge is 0.544 e. The molecule has 6 nitrogen and oxygen atoms in total. The third-order valence-electron chi connectivity index (χ3n) is 5.07. The van der Waals surface area contributed by atoms with Gasteiger partial charge in [0.2, 0.25) is 8.32 Å². The number of rotatable bonds is 6. The first-order valence-electron chi connectivity index (χ1n) is 9.87. The molecular weight excluding hydrogens is 386 g/mol. The molecule has 1 amide bonds. The van der Waals surface area contributed by atoms with E-state index in [0.717, 1.165) is 11.3 Å². The van der Waals surface area contributed by atoms with E-state index in [1.54, 1.807) is 27.7 Å². The lowest BCUT2D eigenvalue weighted by molar-refractivity contribution is -0.147. The van der Waals surface area contributed by atoms with Crippen LogP contribution in [0.3, 0.4) is 0 Å². The van der Waals surface area contributed by atoms with Gasteiger partial charge in [0.25, 0.3) is 0 Å². The molecule has 29 heavy (non-hydrogen) atoms. The standard InChI is InChI=1S/C22H37NO5Si/c1-20(2,3)27-19(25)23-22(7,18(24)26-8)15-16-11-13-17(14-12-16)28-29(9,10)21(4,5)6/h11-14H,15H2,1-10H3,(H,23,25)/t22-/m0/s1. The minimum atomic E-state index is -1.93. The molecule has 0 aliphatic heterocycles. The molecule has 0 aliphatic carbocycles. The van der Waals surface area contributed by atoms with Crippen LogP contribution in [0.15, 0.2) is 24.3 Å². The second-order valence-electron chi connectivity index (χ2n) is 10.1. The maximum atomic E-state index is 12.4. The molecule has 0 unspecified atom stereocenters. The third kappa shape index (κ3) is 7.38. The average Bonchev–Trinajstić information content (AvgIpc) is 2.52. The molecule has 0 saturated carbocycles. The predicted octanol–water partition coefficient (Wildman–Crippen LogP) is 5.07. The van der Waals surface area contributed by atoms with Crippen molar-refractivity contribution in [1.29, 1.82) is 0 Å². The van der Waals surface area contributed by atoms with Crippen molar-refractivity contribution in [3.63, 3.8) is 0 Å². The fraction of sp³-hybridized carbons (Fsp3) is 0.636. The first kappa shape index (κ1) is 25.0. The van der Waals surface area contributed by atoms with Gasteiger partial charge in [-0.25, -0.2) is 9.59 Å². The van der Waals surface area contributed by atoms with E-state index < -0.39 is 31.5 Å². The molecule has 0 bridgehead atoms. The minimum absolute atomic E-state index is 0.104. The van der Waals surface area contributed by atoms with Crippen molar-refractivity contribution in [2.24, 2.45) is 0 Å². The fourth-order valence-electron chi connectivity index (χ4n) is 2.45. The number of ether oxygens (including phenoxy) is 2. The van der Waals surface area contributed by atoms with Gasteiger partial charge in [-0.05, 0) is 63.5 Å². The quantitative estimate of drug-likeness (QED) is 0.511. The Bertz CT molecular complexity index is 716. The van der Waals surface area contributed by atoms with E-state index in [-0.39, 0.29) is 11.5 Å². The topological polar surface area (TPSA) is 73.9 Å². The van der Waals surface area contributed by atoms with E-state index in [4.69, 9.17) is 13.9 Å². The Morgan fingerprint density at radius 1 is 0.966 bits per heavy atom. The molecule has 0 spiro atoms. The summed E-state index contributed by atoms with van der Waals surface area (Å²) in [5.41, 5.74) is -1.04. The highest BCUT2D eigenvalue weighted by atomic mass is 28.4. The van der Waals surface area contributed by atoms with Gasteiger partial charge in [0.05, 0.1) is 7.11 Å². The molecular formula is C22H37NO5Si. The van der Waals surface area contributed by atoms with Gasteiger partial charge in [0.15, 0.2) is 0 Å². The van der Waals surface area contributed by atoms with Gasteiger partial charge < -0.3 is 19.2 Å². The van der Waals surface area contributed by atoms with Crippen LogP contribution >= 0.6 is 0 Å². The molecule has 0 saturated heterocycles. The summed E-state index contributed by atoms with van der Waals surface area (Å²) in [6.07, 6.45) is -0.400. The highest BCUT2D eigenvalue weighted by Crippen LogP contribution is 2.37. The maximum Gasteiger partial charge on any atom is 0.408 e. The molecule has 0 radical (unpaired) electrons. The second-order valence-corrected chi connectivity index (χ2v) is 14.9. The van der Waals surface area contributed by atoms with E-state index in [1.165, 1.54) is 7.11 Å². The van der Waals surface area contributed by atoms with Crippen LogP contribution in [0.2, 0.25) is 18.1 Å². The van der Waals surface area contributed by atoms with Crippen molar-refractivity contribution < 1.29 is 23.5 Å². The molecule has 7 heteroatoms. The number of carbonyl (C=O) groups is 2. The van der Waals surface area contributed by atoms with Gasteiger partial charge in [-0.2, -0.15) is 0 Å². The first-order valence-corrected chi connectivity index (χ1v) is 12.8. The second kappa shape index (κ2) is 8.77. The normalized spacial score (nSPS) is 14.6.